The van der Waals surface area contributed by atoms with Crippen molar-refractivity contribution in [3.63, 3.8) is 0 Å². The topological polar surface area (TPSA) is 45.5 Å². The molecular weight excluding hydrogens is 248 g/mol. The van der Waals surface area contributed by atoms with Gasteiger partial charge >= 0.3 is 0 Å². The third-order valence-corrected chi connectivity index (χ3v) is 3.56. The maximum Gasteiger partial charge on any atom is 0.261 e. The molecule has 1 N–H and O–H groups in total. The molecule has 18 heavy (non-hydrogen) atoms. The SMILES string of the molecule is CN(C)[C@H](CNC(=O)c1cccs1)c1ccco1. The number of carbonyl (C=O) groups excluding carboxylic acids is 1. The van der Waals surface area contributed by atoms with Crippen LogP contribution in [0.5, 0.6) is 0 Å². The summed E-state index contributed by atoms with van der Waals surface area (Å²) < 4.78 is 5.39. The van der Waals surface area contributed by atoms with Crippen LogP contribution in [0.1, 0.15) is 21.5 Å². The summed E-state index contributed by atoms with van der Waals surface area (Å²) in [5.41, 5.74) is 0. The van der Waals surface area contributed by atoms with E-state index in [1.54, 1.807) is 6.26 Å². The number of furan rings is 1. The summed E-state index contributed by atoms with van der Waals surface area (Å²) in [5, 5.41) is 4.82. The Kier molecular flexibility index (Phi) is 4.17. The van der Waals surface area contributed by atoms with Crippen LogP contribution >= 0.6 is 11.3 Å². The normalized spacial score (nSPS) is 12.6. The summed E-state index contributed by atoms with van der Waals surface area (Å²) in [4.78, 5) is 14.6. The van der Waals surface area contributed by atoms with Crippen molar-refractivity contribution in [3.05, 3.63) is 46.5 Å². The molecule has 96 valence electrons. The molecule has 2 heterocycles. The fourth-order valence-electron chi connectivity index (χ4n) is 1.70. The highest BCUT2D eigenvalue weighted by Crippen LogP contribution is 2.18. The van der Waals surface area contributed by atoms with E-state index < -0.39 is 0 Å². The van der Waals surface area contributed by atoms with Gasteiger partial charge < -0.3 is 9.73 Å². The van der Waals surface area contributed by atoms with Gasteiger partial charge in [0.2, 0.25) is 0 Å². The highest BCUT2D eigenvalue weighted by atomic mass is 32.1. The predicted molar refractivity (Wildman–Crippen MR) is 71.8 cm³/mol. The molecule has 0 spiro atoms. The molecule has 4 nitrogen and oxygen atoms in total. The first-order valence-electron chi connectivity index (χ1n) is 5.70. The second-order valence-corrected chi connectivity index (χ2v) is 5.13. The Bertz CT molecular complexity index is 477. The van der Waals surface area contributed by atoms with Crippen molar-refractivity contribution >= 4 is 17.2 Å². The van der Waals surface area contributed by atoms with Crippen LogP contribution in [-0.4, -0.2) is 31.4 Å². The van der Waals surface area contributed by atoms with Crippen LogP contribution in [0.3, 0.4) is 0 Å². The minimum Gasteiger partial charge on any atom is -0.468 e. The summed E-state index contributed by atoms with van der Waals surface area (Å²) >= 11 is 1.44. The largest absolute Gasteiger partial charge is 0.468 e. The minimum atomic E-state index is -0.0385. The number of nitrogens with one attached hydrogen (secondary N) is 1. The number of thiophene rings is 1. The van der Waals surface area contributed by atoms with Crippen LogP contribution in [0, 0.1) is 0 Å². The van der Waals surface area contributed by atoms with Crippen molar-refractivity contribution in [1.82, 2.24) is 10.2 Å². The lowest BCUT2D eigenvalue weighted by molar-refractivity contribution is 0.0943. The molecule has 2 aromatic heterocycles. The average molecular weight is 264 g/mol. The molecule has 1 atom stereocenters. The molecule has 0 saturated carbocycles. The number of hydrogen-bond donors (Lipinski definition) is 1. The molecular formula is C13H16N2O2S. The highest BCUT2D eigenvalue weighted by Gasteiger charge is 2.18. The molecule has 5 heteroatoms. The summed E-state index contributed by atoms with van der Waals surface area (Å²) in [5.74, 6) is 0.815. The van der Waals surface area contributed by atoms with Gasteiger partial charge in [-0.2, -0.15) is 0 Å². The molecule has 1 amide bonds. The Hall–Kier alpha value is -1.59. The van der Waals surface area contributed by atoms with Crippen LogP contribution in [0.25, 0.3) is 0 Å². The van der Waals surface area contributed by atoms with Gasteiger partial charge in [-0.1, -0.05) is 6.07 Å². The summed E-state index contributed by atoms with van der Waals surface area (Å²) in [7, 11) is 3.93. The Labute approximate surface area is 110 Å². The number of nitrogens with zero attached hydrogens (tertiary/aromatic N) is 1. The number of likely N-dealkylation sites (N-methyl/N-ethyl adjacent to an activating group) is 1. The number of rotatable bonds is 5. The Morgan fingerprint density at radius 3 is 2.83 bits per heavy atom. The van der Waals surface area contributed by atoms with Crippen molar-refractivity contribution in [1.29, 1.82) is 0 Å². The fourth-order valence-corrected chi connectivity index (χ4v) is 2.34. The molecule has 0 fully saturated rings. The second kappa shape index (κ2) is 5.84. The van der Waals surface area contributed by atoms with E-state index in [4.69, 9.17) is 4.42 Å². The highest BCUT2D eigenvalue weighted by molar-refractivity contribution is 7.12. The second-order valence-electron chi connectivity index (χ2n) is 4.18. The van der Waals surface area contributed by atoms with Gasteiger partial charge in [0, 0.05) is 6.54 Å². The number of hydrogen-bond acceptors (Lipinski definition) is 4. The van der Waals surface area contributed by atoms with Crippen molar-refractivity contribution < 1.29 is 9.21 Å². The zero-order chi connectivity index (χ0) is 13.0. The van der Waals surface area contributed by atoms with Crippen LogP contribution in [0.15, 0.2) is 40.3 Å². The first-order chi connectivity index (χ1) is 8.68. The molecule has 0 aromatic carbocycles. The van der Waals surface area contributed by atoms with Gasteiger partial charge in [-0.25, -0.2) is 0 Å². The zero-order valence-corrected chi connectivity index (χ0v) is 11.2. The molecule has 0 aliphatic rings. The Morgan fingerprint density at radius 1 is 1.44 bits per heavy atom. The quantitative estimate of drug-likeness (QED) is 0.901. The average Bonchev–Trinajstić information content (AvgIpc) is 3.01. The smallest absolute Gasteiger partial charge is 0.261 e. The predicted octanol–water partition coefficient (Wildman–Crippen LogP) is 2.37. The van der Waals surface area contributed by atoms with Gasteiger partial charge in [0.25, 0.3) is 5.91 Å². The summed E-state index contributed by atoms with van der Waals surface area (Å²) in [6.45, 7) is 0.525. The van der Waals surface area contributed by atoms with Gasteiger partial charge in [0.15, 0.2) is 0 Å². The molecule has 0 bridgehead atoms. The molecule has 2 rings (SSSR count). The van der Waals surface area contributed by atoms with Crippen LogP contribution < -0.4 is 5.32 Å². The fraction of sp³-hybridized carbons (Fsp3) is 0.308. The maximum absolute atomic E-state index is 11.9. The van der Waals surface area contributed by atoms with Gasteiger partial charge in [0.05, 0.1) is 17.2 Å². The number of amides is 1. The minimum absolute atomic E-state index is 0.0385. The van der Waals surface area contributed by atoms with E-state index in [0.29, 0.717) is 6.54 Å². The molecule has 0 saturated heterocycles. The van der Waals surface area contributed by atoms with Crippen molar-refractivity contribution in [2.75, 3.05) is 20.6 Å². The van der Waals surface area contributed by atoms with Gasteiger partial charge in [-0.15, -0.1) is 11.3 Å². The van der Waals surface area contributed by atoms with Crippen LogP contribution in [0.4, 0.5) is 0 Å². The molecule has 2 aromatic rings. The summed E-state index contributed by atoms with van der Waals surface area (Å²) in [6, 6.07) is 7.51. The van der Waals surface area contributed by atoms with E-state index in [9.17, 15) is 4.79 Å². The lowest BCUT2D eigenvalue weighted by atomic mass is 10.2. The van der Waals surface area contributed by atoms with Gasteiger partial charge in [0.1, 0.15) is 5.76 Å². The lowest BCUT2D eigenvalue weighted by Gasteiger charge is -2.22. The van der Waals surface area contributed by atoms with Gasteiger partial charge in [-0.3, -0.25) is 9.69 Å². The zero-order valence-electron chi connectivity index (χ0n) is 10.4. The number of carbonyl (C=O) groups is 1. The van der Waals surface area contributed by atoms with Gasteiger partial charge in [-0.05, 0) is 37.7 Å². The maximum atomic E-state index is 11.9. The van der Waals surface area contributed by atoms with Crippen molar-refractivity contribution in [2.24, 2.45) is 0 Å². The molecule has 0 aliphatic heterocycles. The van der Waals surface area contributed by atoms with Crippen LogP contribution in [0.2, 0.25) is 0 Å². The Balaban J connectivity index is 1.97. The third kappa shape index (κ3) is 3.00. The summed E-state index contributed by atoms with van der Waals surface area (Å²) in [6.07, 6.45) is 1.65. The lowest BCUT2D eigenvalue weighted by Crippen LogP contribution is -2.34. The third-order valence-electron chi connectivity index (χ3n) is 2.70. The van der Waals surface area contributed by atoms with E-state index in [-0.39, 0.29) is 11.9 Å². The standard InChI is InChI=1S/C13H16N2O2S/c1-15(2)10(11-5-3-7-17-11)9-14-13(16)12-6-4-8-18-12/h3-8,10H,9H2,1-2H3,(H,14,16)/t10-/m1/s1. The Morgan fingerprint density at radius 2 is 2.28 bits per heavy atom. The van der Waals surface area contributed by atoms with Crippen LogP contribution in [-0.2, 0) is 0 Å². The van der Waals surface area contributed by atoms with Crippen molar-refractivity contribution in [3.8, 4) is 0 Å². The monoisotopic (exact) mass is 264 g/mol. The molecule has 0 unspecified atom stereocenters. The van der Waals surface area contributed by atoms with E-state index in [0.717, 1.165) is 10.6 Å². The van der Waals surface area contributed by atoms with E-state index in [1.165, 1.54) is 11.3 Å². The molecule has 0 radical (unpaired) electrons. The molecule has 0 aliphatic carbocycles. The van der Waals surface area contributed by atoms with E-state index in [1.807, 2.05) is 48.6 Å². The first kappa shape index (κ1) is 12.9. The first-order valence-corrected chi connectivity index (χ1v) is 6.58. The van der Waals surface area contributed by atoms with E-state index in [2.05, 4.69) is 5.32 Å². The van der Waals surface area contributed by atoms with E-state index >= 15 is 0 Å². The van der Waals surface area contributed by atoms with Crippen molar-refractivity contribution in [2.45, 2.75) is 6.04 Å².